The summed E-state index contributed by atoms with van der Waals surface area (Å²) in [4.78, 5) is 20.7. The van der Waals surface area contributed by atoms with Crippen LogP contribution in [0.2, 0.25) is 0 Å². The first-order valence-corrected chi connectivity index (χ1v) is 10.0. The largest absolute Gasteiger partial charge is 0.479 e. The minimum Gasteiger partial charge on any atom is -0.479 e. The molecule has 4 unspecified atom stereocenters. The molecule has 0 aromatic carbocycles. The second-order valence-corrected chi connectivity index (χ2v) is 7.01. The molecule has 0 saturated heterocycles. The molecule has 27 heavy (non-hydrogen) atoms. The van der Waals surface area contributed by atoms with Gasteiger partial charge in [0.15, 0.2) is 12.2 Å². The quantitative estimate of drug-likeness (QED) is 0.302. The zero-order chi connectivity index (χ0) is 20.5. The summed E-state index contributed by atoms with van der Waals surface area (Å²) >= 11 is 0. The van der Waals surface area contributed by atoms with Crippen LogP contribution in [0.3, 0.4) is 0 Å². The predicted molar refractivity (Wildman–Crippen MR) is 103 cm³/mol. The standard InChI is InChI=1S/2C10H20O3.Zn/c2*1-3-5-6-8(4-2)7-9(11)10(12)13;/h2*8-9,11H,3-7H2,1-2H3,(H,12,13);. The number of aliphatic hydroxyl groups is 2. The molecule has 158 valence electrons. The summed E-state index contributed by atoms with van der Waals surface area (Å²) < 4.78 is 0. The average Bonchev–Trinajstić information content (AvgIpc) is 2.61. The fraction of sp³-hybridized carbons (Fsp3) is 0.900. The Balaban J connectivity index is -0.000000411. The van der Waals surface area contributed by atoms with Gasteiger partial charge in [0.2, 0.25) is 0 Å². The zero-order valence-corrected chi connectivity index (χ0v) is 20.7. The number of rotatable bonds is 14. The van der Waals surface area contributed by atoms with Crippen molar-refractivity contribution in [3.63, 3.8) is 0 Å². The summed E-state index contributed by atoms with van der Waals surface area (Å²) in [6, 6.07) is 0. The van der Waals surface area contributed by atoms with Gasteiger partial charge < -0.3 is 20.4 Å². The summed E-state index contributed by atoms with van der Waals surface area (Å²) in [6.07, 6.45) is 6.86. The van der Waals surface area contributed by atoms with Crippen molar-refractivity contribution < 1.29 is 49.5 Å². The monoisotopic (exact) mass is 440 g/mol. The second kappa shape index (κ2) is 20.2. The number of aliphatic hydroxyl groups excluding tert-OH is 2. The van der Waals surface area contributed by atoms with E-state index in [-0.39, 0.29) is 19.5 Å². The van der Waals surface area contributed by atoms with Crippen LogP contribution in [0.15, 0.2) is 0 Å². The minimum atomic E-state index is -1.18. The van der Waals surface area contributed by atoms with Gasteiger partial charge >= 0.3 is 11.9 Å². The maximum Gasteiger partial charge on any atom is 0.332 e. The summed E-state index contributed by atoms with van der Waals surface area (Å²) in [5.74, 6) is -1.50. The Hall–Kier alpha value is -0.517. The van der Waals surface area contributed by atoms with Crippen LogP contribution in [0.4, 0.5) is 0 Å². The maximum atomic E-state index is 10.4. The summed E-state index contributed by atoms with van der Waals surface area (Å²) in [6.45, 7) is 8.30. The minimum absolute atomic E-state index is 0. The first-order chi connectivity index (χ1) is 12.2. The van der Waals surface area contributed by atoms with Crippen molar-refractivity contribution in [3.05, 3.63) is 0 Å². The van der Waals surface area contributed by atoms with Crippen molar-refractivity contribution in [2.45, 2.75) is 104 Å². The molecule has 4 atom stereocenters. The number of carbonyl (C=O) groups is 2. The number of carboxylic acids is 2. The van der Waals surface area contributed by atoms with E-state index in [0.29, 0.717) is 24.7 Å². The molecular weight excluding hydrogens is 402 g/mol. The van der Waals surface area contributed by atoms with Gasteiger partial charge in [0, 0.05) is 19.5 Å². The van der Waals surface area contributed by atoms with Gasteiger partial charge in [-0.2, -0.15) is 0 Å². The summed E-state index contributed by atoms with van der Waals surface area (Å²) in [7, 11) is 0. The van der Waals surface area contributed by atoms with Crippen molar-refractivity contribution in [3.8, 4) is 0 Å². The van der Waals surface area contributed by atoms with Gasteiger partial charge in [-0.15, -0.1) is 0 Å². The summed E-state index contributed by atoms with van der Waals surface area (Å²) in [5.41, 5.74) is 0. The first-order valence-electron chi connectivity index (χ1n) is 10.0. The number of unbranched alkanes of at least 4 members (excludes halogenated alkanes) is 2. The molecule has 0 saturated carbocycles. The van der Waals surface area contributed by atoms with Gasteiger partial charge in [0.1, 0.15) is 0 Å². The van der Waals surface area contributed by atoms with Crippen molar-refractivity contribution in [2.75, 3.05) is 0 Å². The van der Waals surface area contributed by atoms with Crippen LogP contribution in [-0.2, 0) is 29.1 Å². The molecule has 0 fully saturated rings. The number of aliphatic carboxylic acids is 2. The molecule has 0 amide bonds. The molecule has 4 N–H and O–H groups in total. The molecule has 0 aromatic heterocycles. The number of carboxylic acid groups (broad SMARTS) is 2. The molecule has 0 bridgehead atoms. The van der Waals surface area contributed by atoms with Crippen LogP contribution in [0.25, 0.3) is 0 Å². The fourth-order valence-corrected chi connectivity index (χ4v) is 2.80. The topological polar surface area (TPSA) is 115 Å². The molecule has 0 heterocycles. The summed E-state index contributed by atoms with van der Waals surface area (Å²) in [5, 5.41) is 35.3. The predicted octanol–water partition coefficient (Wildman–Crippen LogP) is 4.07. The molecule has 0 spiro atoms. The van der Waals surface area contributed by atoms with E-state index in [1.165, 1.54) is 0 Å². The molecule has 0 rings (SSSR count). The number of hydrogen-bond donors (Lipinski definition) is 4. The van der Waals surface area contributed by atoms with Crippen LogP contribution in [0, 0.1) is 11.8 Å². The molecule has 0 aliphatic heterocycles. The van der Waals surface area contributed by atoms with Crippen molar-refractivity contribution in [2.24, 2.45) is 11.8 Å². The van der Waals surface area contributed by atoms with Crippen molar-refractivity contribution in [1.82, 2.24) is 0 Å². The first kappa shape index (κ1) is 31.2. The third kappa shape index (κ3) is 18.6. The Morgan fingerprint density at radius 1 is 0.704 bits per heavy atom. The van der Waals surface area contributed by atoms with Gasteiger partial charge in [0.05, 0.1) is 0 Å². The van der Waals surface area contributed by atoms with E-state index in [9.17, 15) is 9.59 Å². The molecular formula is C20H40O6Zn. The number of hydrogen-bond acceptors (Lipinski definition) is 4. The van der Waals surface area contributed by atoms with Gasteiger partial charge in [-0.1, -0.05) is 79.1 Å². The van der Waals surface area contributed by atoms with Crippen LogP contribution in [0.5, 0.6) is 0 Å². The van der Waals surface area contributed by atoms with Gasteiger partial charge in [-0.3, -0.25) is 0 Å². The Labute approximate surface area is 177 Å². The van der Waals surface area contributed by atoms with E-state index in [1.54, 1.807) is 0 Å². The van der Waals surface area contributed by atoms with E-state index < -0.39 is 24.1 Å². The van der Waals surface area contributed by atoms with Crippen LogP contribution in [0.1, 0.15) is 91.9 Å². The van der Waals surface area contributed by atoms with E-state index >= 15 is 0 Å². The van der Waals surface area contributed by atoms with Crippen LogP contribution >= 0.6 is 0 Å². The van der Waals surface area contributed by atoms with Gasteiger partial charge in [-0.25, -0.2) is 9.59 Å². The molecule has 0 aromatic rings. The van der Waals surface area contributed by atoms with E-state index in [0.717, 1.165) is 51.4 Å². The normalized spacial score (nSPS) is 14.7. The molecule has 0 aliphatic rings. The van der Waals surface area contributed by atoms with Gasteiger partial charge in [0.25, 0.3) is 0 Å². The second-order valence-electron chi connectivity index (χ2n) is 7.01. The van der Waals surface area contributed by atoms with Crippen molar-refractivity contribution >= 4 is 11.9 Å². The molecule has 7 heteroatoms. The van der Waals surface area contributed by atoms with Crippen LogP contribution < -0.4 is 0 Å². The Morgan fingerprint density at radius 3 is 1.19 bits per heavy atom. The SMILES string of the molecule is CCCCC(CC)CC(O)C(=O)O.CCCCC(CC)CC(O)C(=O)O.[Zn]. The Kier molecular flexibility index (Phi) is 23.4. The van der Waals surface area contributed by atoms with E-state index in [2.05, 4.69) is 13.8 Å². The van der Waals surface area contributed by atoms with Gasteiger partial charge in [-0.05, 0) is 24.7 Å². The van der Waals surface area contributed by atoms with Crippen molar-refractivity contribution in [1.29, 1.82) is 0 Å². The smallest absolute Gasteiger partial charge is 0.332 e. The van der Waals surface area contributed by atoms with E-state index in [1.807, 2.05) is 13.8 Å². The molecule has 0 aliphatic carbocycles. The molecule has 6 nitrogen and oxygen atoms in total. The third-order valence-electron chi connectivity index (χ3n) is 4.77. The van der Waals surface area contributed by atoms with Crippen LogP contribution in [-0.4, -0.2) is 44.6 Å². The fourth-order valence-electron chi connectivity index (χ4n) is 2.80. The molecule has 0 radical (unpaired) electrons. The third-order valence-corrected chi connectivity index (χ3v) is 4.77. The zero-order valence-electron chi connectivity index (χ0n) is 17.7. The Morgan fingerprint density at radius 2 is 1.00 bits per heavy atom. The maximum absolute atomic E-state index is 10.4. The average molecular weight is 442 g/mol. The van der Waals surface area contributed by atoms with E-state index in [4.69, 9.17) is 20.4 Å². The Bertz CT molecular complexity index is 330.